The predicted octanol–water partition coefficient (Wildman–Crippen LogP) is 0.288. The molecule has 1 N–H and O–H groups in total. The average molecular weight is 173 g/mol. The highest BCUT2D eigenvalue weighted by atomic mass is 32.2. The van der Waals surface area contributed by atoms with Crippen LogP contribution in [0.3, 0.4) is 0 Å². The maximum Gasteiger partial charge on any atom is 0.185 e. The van der Waals surface area contributed by atoms with Gasteiger partial charge in [-0.05, 0) is 6.92 Å². The van der Waals surface area contributed by atoms with E-state index in [0.717, 1.165) is 5.16 Å². The van der Waals surface area contributed by atoms with E-state index in [1.54, 1.807) is 11.6 Å². The number of rotatable bonds is 3. The minimum absolute atomic E-state index is 0.295. The second kappa shape index (κ2) is 3.73. The normalized spacial score (nSPS) is 13.4. The third-order valence-corrected chi connectivity index (χ3v) is 2.40. The topological polar surface area (TPSA) is 50.9 Å². The minimum Gasteiger partial charge on any atom is -0.393 e. The van der Waals surface area contributed by atoms with Gasteiger partial charge in [0.15, 0.2) is 5.16 Å². The molecular formula is C6H11N3OS. The van der Waals surface area contributed by atoms with Crippen molar-refractivity contribution in [3.63, 3.8) is 0 Å². The molecule has 0 unspecified atom stereocenters. The molecule has 0 saturated heterocycles. The Hall–Kier alpha value is -0.550. The van der Waals surface area contributed by atoms with Crippen LogP contribution < -0.4 is 0 Å². The molecule has 0 radical (unpaired) electrons. The van der Waals surface area contributed by atoms with Crippen molar-refractivity contribution in [1.29, 1.82) is 0 Å². The van der Waals surface area contributed by atoms with Crippen molar-refractivity contribution in [3.05, 3.63) is 6.33 Å². The molecule has 0 aromatic carbocycles. The first-order valence-corrected chi connectivity index (χ1v) is 4.33. The fourth-order valence-corrected chi connectivity index (χ4v) is 1.36. The van der Waals surface area contributed by atoms with Gasteiger partial charge in [0, 0.05) is 12.8 Å². The molecule has 11 heavy (non-hydrogen) atoms. The van der Waals surface area contributed by atoms with E-state index >= 15 is 0 Å². The molecule has 0 aliphatic heterocycles. The summed E-state index contributed by atoms with van der Waals surface area (Å²) in [5.74, 6) is 0.659. The van der Waals surface area contributed by atoms with E-state index in [4.69, 9.17) is 5.11 Å². The predicted molar refractivity (Wildman–Crippen MR) is 43.4 cm³/mol. The van der Waals surface area contributed by atoms with Gasteiger partial charge in [-0.1, -0.05) is 11.8 Å². The molecule has 0 amide bonds. The standard InChI is InChI=1S/C6H11N3OS/c1-5(10)3-11-6-7-4-8-9(6)2/h4-5,10H,3H2,1-2H3/t5-/m0/s1. The highest BCUT2D eigenvalue weighted by Crippen LogP contribution is 2.13. The summed E-state index contributed by atoms with van der Waals surface area (Å²) in [6.07, 6.45) is 1.21. The molecule has 1 heterocycles. The lowest BCUT2D eigenvalue weighted by atomic mass is 10.5. The van der Waals surface area contributed by atoms with Crippen molar-refractivity contribution in [2.45, 2.75) is 18.2 Å². The molecule has 0 spiro atoms. The van der Waals surface area contributed by atoms with Crippen LogP contribution in [0.2, 0.25) is 0 Å². The third kappa shape index (κ3) is 2.51. The Morgan fingerprint density at radius 3 is 3.00 bits per heavy atom. The van der Waals surface area contributed by atoms with Crippen molar-refractivity contribution in [1.82, 2.24) is 14.8 Å². The smallest absolute Gasteiger partial charge is 0.185 e. The molecule has 4 nitrogen and oxygen atoms in total. The Balaban J connectivity index is 2.44. The Morgan fingerprint density at radius 2 is 2.55 bits per heavy atom. The number of thioether (sulfide) groups is 1. The maximum atomic E-state index is 8.96. The number of aryl methyl sites for hydroxylation is 1. The van der Waals surface area contributed by atoms with E-state index < -0.39 is 0 Å². The van der Waals surface area contributed by atoms with E-state index in [1.165, 1.54) is 18.1 Å². The number of aliphatic hydroxyl groups is 1. The molecule has 5 heteroatoms. The van der Waals surface area contributed by atoms with Crippen molar-refractivity contribution in [3.8, 4) is 0 Å². The molecular weight excluding hydrogens is 162 g/mol. The van der Waals surface area contributed by atoms with Crippen LogP contribution in [0, 0.1) is 0 Å². The van der Waals surface area contributed by atoms with Crippen LogP contribution >= 0.6 is 11.8 Å². The van der Waals surface area contributed by atoms with Gasteiger partial charge >= 0.3 is 0 Å². The van der Waals surface area contributed by atoms with Crippen LogP contribution in [-0.4, -0.2) is 31.7 Å². The first-order valence-electron chi connectivity index (χ1n) is 3.35. The molecule has 1 aromatic heterocycles. The lowest BCUT2D eigenvalue weighted by Crippen LogP contribution is -2.04. The summed E-state index contributed by atoms with van der Waals surface area (Å²) in [4.78, 5) is 3.99. The van der Waals surface area contributed by atoms with Crippen molar-refractivity contribution >= 4 is 11.8 Å². The van der Waals surface area contributed by atoms with Crippen LogP contribution in [0.1, 0.15) is 6.92 Å². The number of hydrogen-bond acceptors (Lipinski definition) is 4. The summed E-state index contributed by atoms with van der Waals surface area (Å²) in [7, 11) is 1.83. The molecule has 0 fully saturated rings. The van der Waals surface area contributed by atoms with Gasteiger partial charge in [0.25, 0.3) is 0 Å². The first kappa shape index (κ1) is 8.55. The van der Waals surface area contributed by atoms with E-state index in [0.29, 0.717) is 5.75 Å². The second-order valence-electron chi connectivity index (χ2n) is 2.33. The SMILES string of the molecule is C[C@H](O)CSc1ncnn1C. The van der Waals surface area contributed by atoms with Gasteiger partial charge in [-0.3, -0.25) is 0 Å². The third-order valence-electron chi connectivity index (χ3n) is 1.12. The van der Waals surface area contributed by atoms with E-state index in [1.807, 2.05) is 7.05 Å². The molecule has 1 rings (SSSR count). The Kier molecular flexibility index (Phi) is 2.90. The highest BCUT2D eigenvalue weighted by molar-refractivity contribution is 7.99. The molecule has 62 valence electrons. The highest BCUT2D eigenvalue weighted by Gasteiger charge is 2.02. The van der Waals surface area contributed by atoms with Gasteiger partial charge in [-0.2, -0.15) is 5.10 Å². The van der Waals surface area contributed by atoms with Crippen molar-refractivity contribution < 1.29 is 5.11 Å². The van der Waals surface area contributed by atoms with Crippen LogP contribution in [-0.2, 0) is 7.05 Å². The molecule has 1 atom stereocenters. The largest absolute Gasteiger partial charge is 0.393 e. The van der Waals surface area contributed by atoms with Crippen LogP contribution in [0.25, 0.3) is 0 Å². The summed E-state index contributed by atoms with van der Waals surface area (Å²) in [6, 6.07) is 0. The van der Waals surface area contributed by atoms with Gasteiger partial charge in [-0.25, -0.2) is 9.67 Å². The van der Waals surface area contributed by atoms with Gasteiger partial charge in [0.05, 0.1) is 6.10 Å². The molecule has 0 aliphatic carbocycles. The second-order valence-corrected chi connectivity index (χ2v) is 3.31. The zero-order valence-electron chi connectivity index (χ0n) is 6.56. The lowest BCUT2D eigenvalue weighted by Gasteiger charge is -2.01. The first-order chi connectivity index (χ1) is 5.20. The number of aliphatic hydroxyl groups excluding tert-OH is 1. The van der Waals surface area contributed by atoms with Gasteiger partial charge in [-0.15, -0.1) is 0 Å². The van der Waals surface area contributed by atoms with E-state index in [9.17, 15) is 0 Å². The maximum absolute atomic E-state index is 8.96. The Labute approximate surface area is 69.6 Å². The summed E-state index contributed by atoms with van der Waals surface area (Å²) < 4.78 is 1.69. The zero-order valence-corrected chi connectivity index (χ0v) is 7.38. The summed E-state index contributed by atoms with van der Waals surface area (Å²) in [6.45, 7) is 1.75. The summed E-state index contributed by atoms with van der Waals surface area (Å²) in [5.41, 5.74) is 0. The van der Waals surface area contributed by atoms with Gasteiger partial charge in [0.1, 0.15) is 6.33 Å². The fourth-order valence-electron chi connectivity index (χ4n) is 0.611. The number of hydrogen-bond donors (Lipinski definition) is 1. The zero-order chi connectivity index (χ0) is 8.27. The summed E-state index contributed by atoms with van der Waals surface area (Å²) >= 11 is 1.50. The van der Waals surface area contributed by atoms with Crippen LogP contribution in [0.15, 0.2) is 11.5 Å². The molecule has 0 saturated carbocycles. The quantitative estimate of drug-likeness (QED) is 0.667. The summed E-state index contributed by atoms with van der Waals surface area (Å²) in [5, 5.41) is 13.7. The lowest BCUT2D eigenvalue weighted by molar-refractivity contribution is 0.220. The Bertz CT molecular complexity index is 223. The van der Waals surface area contributed by atoms with Crippen molar-refractivity contribution in [2.75, 3.05) is 5.75 Å². The van der Waals surface area contributed by atoms with Crippen LogP contribution in [0.4, 0.5) is 0 Å². The molecule has 0 aliphatic rings. The average Bonchev–Trinajstić information content (AvgIpc) is 2.31. The Morgan fingerprint density at radius 1 is 1.82 bits per heavy atom. The molecule has 1 aromatic rings. The minimum atomic E-state index is -0.295. The molecule has 0 bridgehead atoms. The monoisotopic (exact) mass is 173 g/mol. The van der Waals surface area contributed by atoms with E-state index in [2.05, 4.69) is 10.1 Å². The fraction of sp³-hybridized carbons (Fsp3) is 0.667. The van der Waals surface area contributed by atoms with Gasteiger partial charge < -0.3 is 5.11 Å². The van der Waals surface area contributed by atoms with Gasteiger partial charge in [0.2, 0.25) is 0 Å². The van der Waals surface area contributed by atoms with Crippen molar-refractivity contribution in [2.24, 2.45) is 7.05 Å². The van der Waals surface area contributed by atoms with E-state index in [-0.39, 0.29) is 6.10 Å². The number of nitrogens with zero attached hydrogens (tertiary/aromatic N) is 3. The van der Waals surface area contributed by atoms with Crippen LogP contribution in [0.5, 0.6) is 0 Å². The number of aromatic nitrogens is 3.